The number of benzene rings is 2. The van der Waals surface area contributed by atoms with Crippen LogP contribution in [-0.4, -0.2) is 59.3 Å². The number of phenolic OH excluding ortho intramolecular Hbond substituents is 1. The van der Waals surface area contributed by atoms with E-state index >= 15 is 0 Å². The Hall–Kier alpha value is -2.16. The molecule has 1 saturated heterocycles. The molecule has 0 aliphatic carbocycles. The number of aliphatic carboxylic acids is 1. The Morgan fingerprint density at radius 3 is 2.60 bits per heavy atom. The van der Waals surface area contributed by atoms with Gasteiger partial charge in [0.2, 0.25) is 0 Å². The van der Waals surface area contributed by atoms with E-state index in [0.29, 0.717) is 56.1 Å². The van der Waals surface area contributed by atoms with E-state index in [4.69, 9.17) is 18.7 Å². The second kappa shape index (κ2) is 9.33. The number of nitrogens with zero attached hydrogens (tertiary/aromatic N) is 1. The minimum atomic E-state index is -1.53. The summed E-state index contributed by atoms with van der Waals surface area (Å²) in [6.45, 7) is 1.79. The normalized spacial score (nSPS) is 18.9. The summed E-state index contributed by atoms with van der Waals surface area (Å²) in [5, 5.41) is 29.7. The van der Waals surface area contributed by atoms with Crippen molar-refractivity contribution in [2.45, 2.75) is 43.6 Å². The second-order valence-electron chi connectivity index (χ2n) is 8.20. The first kappa shape index (κ1) is 22.5. The number of likely N-dealkylation sites (tertiary alicyclic amines) is 1. The van der Waals surface area contributed by atoms with Gasteiger partial charge in [-0.1, -0.05) is 12.5 Å². The lowest BCUT2D eigenvalue weighted by Gasteiger charge is -2.43. The lowest BCUT2D eigenvalue weighted by Crippen LogP contribution is -2.59. The third-order valence-electron chi connectivity index (χ3n) is 6.35. The average Bonchev–Trinajstić information content (AvgIpc) is 2.73. The van der Waals surface area contributed by atoms with Crippen molar-refractivity contribution < 1.29 is 24.5 Å². The van der Waals surface area contributed by atoms with Gasteiger partial charge in [0.05, 0.1) is 7.85 Å². The predicted octanol–water partition coefficient (Wildman–Crippen LogP) is 2.41. The van der Waals surface area contributed by atoms with E-state index in [1.54, 1.807) is 18.2 Å². The third kappa shape index (κ3) is 4.45. The zero-order valence-electron chi connectivity index (χ0n) is 16.9. The minimum Gasteiger partial charge on any atom is -0.508 e. The summed E-state index contributed by atoms with van der Waals surface area (Å²) in [6, 6.07) is 7.75. The molecular formula is C22H28BFN2O4. The fraction of sp³-hybridized carbons (Fsp3) is 0.500. The molecule has 8 heteroatoms. The van der Waals surface area contributed by atoms with Crippen LogP contribution in [-0.2, 0) is 11.3 Å². The van der Waals surface area contributed by atoms with Gasteiger partial charge in [-0.25, -0.2) is 4.39 Å². The van der Waals surface area contributed by atoms with Crippen molar-refractivity contribution in [3.8, 4) is 5.75 Å². The van der Waals surface area contributed by atoms with Gasteiger partial charge < -0.3 is 21.1 Å². The molecule has 2 radical (unpaired) electrons. The van der Waals surface area contributed by atoms with Crippen LogP contribution in [0.25, 0.3) is 10.8 Å². The lowest BCUT2D eigenvalue weighted by molar-refractivity contribution is -0.147. The van der Waals surface area contributed by atoms with Crippen LogP contribution in [0, 0.1) is 11.7 Å². The van der Waals surface area contributed by atoms with Crippen molar-refractivity contribution in [1.82, 2.24) is 4.90 Å². The maximum Gasteiger partial charge on any atom is 0.323 e. The molecule has 0 aromatic heterocycles. The summed E-state index contributed by atoms with van der Waals surface area (Å²) >= 11 is 0. The van der Waals surface area contributed by atoms with Gasteiger partial charge >= 0.3 is 5.97 Å². The van der Waals surface area contributed by atoms with E-state index in [1.807, 2.05) is 0 Å². The Kier molecular flexibility index (Phi) is 7.00. The van der Waals surface area contributed by atoms with Gasteiger partial charge in [-0.3, -0.25) is 9.69 Å². The summed E-state index contributed by atoms with van der Waals surface area (Å²) in [5.41, 5.74) is 5.68. The molecule has 0 spiro atoms. The number of halogens is 1. The van der Waals surface area contributed by atoms with Crippen molar-refractivity contribution in [2.24, 2.45) is 11.7 Å². The Morgan fingerprint density at radius 1 is 1.27 bits per heavy atom. The van der Waals surface area contributed by atoms with E-state index in [2.05, 4.69) is 4.90 Å². The standard InChI is InChI=1S/C22H28BFN2O4/c23-20(2-1-11-27)22(25,21(29)30)15-7-9-26(10-8-15)13-14-3-6-19(24)17-5-4-16(28)12-18(14)17/h3-6,12,15,20,27-28H,1-2,7-11,13,25H2,(H,29,30). The monoisotopic (exact) mass is 414 g/mol. The highest BCUT2D eigenvalue weighted by atomic mass is 19.1. The number of hydrogen-bond acceptors (Lipinski definition) is 5. The fourth-order valence-electron chi connectivity index (χ4n) is 4.49. The van der Waals surface area contributed by atoms with Gasteiger partial charge in [-0.2, -0.15) is 0 Å². The number of nitrogens with two attached hydrogens (primary N) is 1. The van der Waals surface area contributed by atoms with Crippen LogP contribution < -0.4 is 5.73 Å². The predicted molar refractivity (Wildman–Crippen MR) is 114 cm³/mol. The third-order valence-corrected chi connectivity index (χ3v) is 6.35. The number of aromatic hydroxyl groups is 1. The lowest BCUT2D eigenvalue weighted by atomic mass is 9.61. The number of fused-ring (bicyclic) bond motifs is 1. The zero-order chi connectivity index (χ0) is 21.9. The Labute approximate surface area is 176 Å². The van der Waals surface area contributed by atoms with Crippen LogP contribution in [0.5, 0.6) is 5.75 Å². The van der Waals surface area contributed by atoms with Crippen LogP contribution in [0.15, 0.2) is 30.3 Å². The molecule has 1 aliphatic heterocycles. The molecule has 1 heterocycles. The quantitative estimate of drug-likeness (QED) is 0.495. The number of piperidine rings is 1. The van der Waals surface area contributed by atoms with Crippen molar-refractivity contribution in [3.63, 3.8) is 0 Å². The molecule has 30 heavy (non-hydrogen) atoms. The number of aliphatic hydroxyl groups is 1. The molecule has 6 nitrogen and oxygen atoms in total. The molecule has 0 bridgehead atoms. The highest BCUT2D eigenvalue weighted by molar-refractivity contribution is 6.15. The molecule has 0 saturated carbocycles. The molecule has 0 amide bonds. The molecule has 2 aromatic carbocycles. The van der Waals surface area contributed by atoms with Crippen LogP contribution in [0.4, 0.5) is 4.39 Å². The number of aliphatic hydroxyl groups excluding tert-OH is 1. The minimum absolute atomic E-state index is 0.0526. The summed E-state index contributed by atoms with van der Waals surface area (Å²) in [7, 11) is 6.13. The number of carbonyl (C=O) groups is 1. The first-order chi connectivity index (χ1) is 14.3. The SMILES string of the molecule is [B]C(CCCO)C(N)(C(=O)O)C1CCN(Cc2ccc(F)c3ccc(O)cc23)CC1. The first-order valence-electron chi connectivity index (χ1n) is 10.3. The molecule has 3 rings (SSSR count). The number of carboxylic acid groups (broad SMARTS) is 1. The highest BCUT2D eigenvalue weighted by Crippen LogP contribution is 2.37. The molecule has 1 fully saturated rings. The van der Waals surface area contributed by atoms with Gasteiger partial charge in [0.1, 0.15) is 17.1 Å². The van der Waals surface area contributed by atoms with Crippen molar-refractivity contribution >= 4 is 24.6 Å². The van der Waals surface area contributed by atoms with E-state index < -0.39 is 17.3 Å². The van der Waals surface area contributed by atoms with E-state index in [1.165, 1.54) is 12.1 Å². The Balaban J connectivity index is 1.71. The molecule has 2 atom stereocenters. The van der Waals surface area contributed by atoms with Gasteiger partial charge in [-0.15, -0.1) is 0 Å². The molecular weight excluding hydrogens is 386 g/mol. The van der Waals surface area contributed by atoms with Crippen LogP contribution >= 0.6 is 0 Å². The fourth-order valence-corrected chi connectivity index (χ4v) is 4.49. The first-order valence-corrected chi connectivity index (χ1v) is 10.3. The summed E-state index contributed by atoms with van der Waals surface area (Å²) in [4.78, 5) is 14.1. The van der Waals surface area contributed by atoms with Crippen molar-refractivity contribution in [1.29, 1.82) is 0 Å². The van der Waals surface area contributed by atoms with Gasteiger partial charge in [0.25, 0.3) is 0 Å². The Morgan fingerprint density at radius 2 is 1.97 bits per heavy atom. The van der Waals surface area contributed by atoms with Gasteiger partial charge in [0, 0.05) is 18.5 Å². The maximum absolute atomic E-state index is 14.1. The number of carboxylic acids is 1. The van der Waals surface area contributed by atoms with Crippen LogP contribution in [0.3, 0.4) is 0 Å². The second-order valence-corrected chi connectivity index (χ2v) is 8.20. The van der Waals surface area contributed by atoms with Crippen LogP contribution in [0.1, 0.15) is 31.2 Å². The highest BCUT2D eigenvalue weighted by Gasteiger charge is 2.46. The summed E-state index contributed by atoms with van der Waals surface area (Å²) in [5.74, 6) is -2.36. The summed E-state index contributed by atoms with van der Waals surface area (Å²) < 4.78 is 14.1. The topological polar surface area (TPSA) is 107 Å². The average molecular weight is 414 g/mol. The van der Waals surface area contributed by atoms with Crippen molar-refractivity contribution in [3.05, 3.63) is 41.7 Å². The number of hydrogen-bond donors (Lipinski definition) is 4. The summed E-state index contributed by atoms with van der Waals surface area (Å²) in [6.07, 6.45) is 1.93. The number of rotatable bonds is 8. The molecule has 160 valence electrons. The van der Waals surface area contributed by atoms with E-state index in [0.717, 1.165) is 5.56 Å². The van der Waals surface area contributed by atoms with Crippen molar-refractivity contribution in [2.75, 3.05) is 19.7 Å². The number of phenols is 1. The largest absolute Gasteiger partial charge is 0.508 e. The van der Waals surface area contributed by atoms with Gasteiger partial charge in [-0.05, 0) is 79.3 Å². The maximum atomic E-state index is 14.1. The molecule has 1 aliphatic rings. The molecule has 2 aromatic rings. The van der Waals surface area contributed by atoms with Gasteiger partial charge in [0.15, 0.2) is 0 Å². The zero-order valence-corrected chi connectivity index (χ0v) is 16.9. The Bertz CT molecular complexity index is 904. The molecule has 5 N–H and O–H groups in total. The van der Waals surface area contributed by atoms with E-state index in [9.17, 15) is 19.4 Å². The smallest absolute Gasteiger partial charge is 0.323 e. The molecule has 2 unspecified atom stereocenters. The van der Waals surface area contributed by atoms with E-state index in [-0.39, 0.29) is 24.1 Å². The van der Waals surface area contributed by atoms with Crippen LogP contribution in [0.2, 0.25) is 5.82 Å².